The second kappa shape index (κ2) is 4.35. The van der Waals surface area contributed by atoms with Crippen LogP contribution >= 0.6 is 12.4 Å². The lowest BCUT2D eigenvalue weighted by Gasteiger charge is -2.15. The Morgan fingerprint density at radius 2 is 1.93 bits per heavy atom. The van der Waals surface area contributed by atoms with Crippen molar-refractivity contribution in [2.24, 2.45) is 0 Å². The van der Waals surface area contributed by atoms with Gasteiger partial charge in [0, 0.05) is 19.1 Å². The van der Waals surface area contributed by atoms with E-state index >= 15 is 0 Å². The van der Waals surface area contributed by atoms with Crippen molar-refractivity contribution in [1.82, 2.24) is 9.62 Å². The van der Waals surface area contributed by atoms with Crippen LogP contribution in [0.1, 0.15) is 19.3 Å². The average molecular weight is 241 g/mol. The Morgan fingerprint density at radius 3 is 2.36 bits per heavy atom. The Bertz CT molecular complexity index is 290. The predicted molar refractivity (Wildman–Crippen MR) is 58.2 cm³/mol. The molecule has 1 aliphatic heterocycles. The lowest BCUT2D eigenvalue weighted by molar-refractivity contribution is 0.463. The predicted octanol–water partition coefficient (Wildman–Crippen LogP) is 0.194. The number of nitrogens with zero attached hydrogens (tertiary/aromatic N) is 1. The van der Waals surface area contributed by atoms with E-state index in [1.807, 2.05) is 7.05 Å². The molecule has 2 aliphatic rings. The van der Waals surface area contributed by atoms with E-state index in [2.05, 4.69) is 5.32 Å². The SMILES string of the molecule is CN[C@H]1CCN(S(=O)(=O)C2CC2)C1.Cl. The van der Waals surface area contributed by atoms with Crippen LogP contribution in [0.25, 0.3) is 0 Å². The molecule has 0 bridgehead atoms. The normalized spacial score (nSPS) is 28.8. The maximum absolute atomic E-state index is 11.8. The minimum absolute atomic E-state index is 0. The highest BCUT2D eigenvalue weighted by atomic mass is 35.5. The zero-order valence-electron chi connectivity index (χ0n) is 8.27. The molecule has 2 rings (SSSR count). The van der Waals surface area contributed by atoms with E-state index in [1.165, 1.54) is 0 Å². The molecule has 0 radical (unpaired) electrons. The van der Waals surface area contributed by atoms with E-state index < -0.39 is 10.0 Å². The van der Waals surface area contributed by atoms with Gasteiger partial charge in [-0.1, -0.05) is 0 Å². The van der Waals surface area contributed by atoms with Crippen molar-refractivity contribution in [3.63, 3.8) is 0 Å². The summed E-state index contributed by atoms with van der Waals surface area (Å²) in [5, 5.41) is 3.07. The number of halogens is 1. The van der Waals surface area contributed by atoms with Crippen molar-refractivity contribution < 1.29 is 8.42 Å². The van der Waals surface area contributed by atoms with Gasteiger partial charge in [0.2, 0.25) is 10.0 Å². The maximum atomic E-state index is 11.8. The molecule has 0 unspecified atom stereocenters. The van der Waals surface area contributed by atoms with E-state index in [9.17, 15) is 8.42 Å². The van der Waals surface area contributed by atoms with E-state index in [4.69, 9.17) is 0 Å². The Balaban J connectivity index is 0.000000980. The topological polar surface area (TPSA) is 49.4 Å². The first-order valence-electron chi connectivity index (χ1n) is 4.81. The molecule has 0 aromatic carbocycles. The van der Waals surface area contributed by atoms with Crippen LogP contribution in [0.4, 0.5) is 0 Å². The van der Waals surface area contributed by atoms with Gasteiger partial charge in [0.25, 0.3) is 0 Å². The van der Waals surface area contributed by atoms with Crippen LogP contribution in [0.2, 0.25) is 0 Å². The number of sulfonamides is 1. The molecule has 6 heteroatoms. The smallest absolute Gasteiger partial charge is 0.217 e. The highest BCUT2D eigenvalue weighted by Gasteiger charge is 2.42. The molecule has 4 nitrogen and oxygen atoms in total. The van der Waals surface area contributed by atoms with Crippen LogP contribution in [-0.2, 0) is 10.0 Å². The van der Waals surface area contributed by atoms with Gasteiger partial charge in [-0.15, -0.1) is 12.4 Å². The number of nitrogens with one attached hydrogen (secondary N) is 1. The number of likely N-dealkylation sites (N-methyl/N-ethyl adjacent to an activating group) is 1. The minimum Gasteiger partial charge on any atom is -0.316 e. The molecular weight excluding hydrogens is 224 g/mol. The van der Waals surface area contributed by atoms with Crippen LogP contribution in [0.5, 0.6) is 0 Å². The van der Waals surface area contributed by atoms with Crippen LogP contribution in [0.15, 0.2) is 0 Å². The molecule has 0 spiro atoms. The molecule has 1 atom stereocenters. The van der Waals surface area contributed by atoms with E-state index in [1.54, 1.807) is 4.31 Å². The van der Waals surface area contributed by atoms with Gasteiger partial charge < -0.3 is 5.32 Å². The molecule has 1 N–H and O–H groups in total. The molecule has 2 fully saturated rings. The molecule has 14 heavy (non-hydrogen) atoms. The monoisotopic (exact) mass is 240 g/mol. The Kier molecular flexibility index (Phi) is 3.80. The number of rotatable bonds is 3. The quantitative estimate of drug-likeness (QED) is 0.767. The average Bonchev–Trinajstić information content (AvgIpc) is 2.84. The van der Waals surface area contributed by atoms with Crippen LogP contribution < -0.4 is 5.32 Å². The highest BCUT2D eigenvalue weighted by molar-refractivity contribution is 7.90. The van der Waals surface area contributed by atoms with Crippen molar-refractivity contribution in [2.75, 3.05) is 20.1 Å². The first kappa shape index (κ1) is 12.2. The minimum atomic E-state index is -2.92. The third-order valence-electron chi connectivity index (χ3n) is 2.86. The summed E-state index contributed by atoms with van der Waals surface area (Å²) in [6, 6.07) is 0.355. The number of hydrogen-bond acceptors (Lipinski definition) is 3. The summed E-state index contributed by atoms with van der Waals surface area (Å²) in [5.74, 6) is 0. The highest BCUT2D eigenvalue weighted by Crippen LogP contribution is 2.32. The van der Waals surface area contributed by atoms with E-state index in [0.717, 1.165) is 19.3 Å². The van der Waals surface area contributed by atoms with Crippen LogP contribution in [-0.4, -0.2) is 44.2 Å². The molecule has 1 heterocycles. The Hall–Kier alpha value is 0.160. The molecule has 0 amide bonds. The van der Waals surface area contributed by atoms with Crippen molar-refractivity contribution in [2.45, 2.75) is 30.6 Å². The molecule has 1 saturated heterocycles. The van der Waals surface area contributed by atoms with Crippen molar-refractivity contribution in [1.29, 1.82) is 0 Å². The van der Waals surface area contributed by atoms with Gasteiger partial charge in [-0.2, -0.15) is 0 Å². The van der Waals surface area contributed by atoms with Gasteiger partial charge in [0.05, 0.1) is 5.25 Å². The molecular formula is C8H17ClN2O2S. The maximum Gasteiger partial charge on any atom is 0.217 e. The van der Waals surface area contributed by atoms with Crippen LogP contribution in [0, 0.1) is 0 Å². The molecule has 1 aliphatic carbocycles. The molecule has 0 aromatic rings. The fourth-order valence-electron chi connectivity index (χ4n) is 1.77. The first-order chi connectivity index (χ1) is 6.14. The van der Waals surface area contributed by atoms with Gasteiger partial charge in [0.15, 0.2) is 0 Å². The van der Waals surface area contributed by atoms with E-state index in [-0.39, 0.29) is 17.7 Å². The largest absolute Gasteiger partial charge is 0.316 e. The zero-order valence-corrected chi connectivity index (χ0v) is 9.90. The lowest BCUT2D eigenvalue weighted by atomic mass is 10.3. The second-order valence-corrected chi connectivity index (χ2v) is 6.09. The molecule has 1 saturated carbocycles. The molecule has 84 valence electrons. The van der Waals surface area contributed by atoms with Crippen LogP contribution in [0.3, 0.4) is 0 Å². The fraction of sp³-hybridized carbons (Fsp3) is 1.00. The summed E-state index contributed by atoms with van der Waals surface area (Å²) in [6.45, 7) is 1.36. The summed E-state index contributed by atoms with van der Waals surface area (Å²) >= 11 is 0. The number of hydrogen-bond donors (Lipinski definition) is 1. The summed E-state index contributed by atoms with van der Waals surface area (Å²) < 4.78 is 25.2. The first-order valence-corrected chi connectivity index (χ1v) is 6.31. The third kappa shape index (κ3) is 2.21. The Morgan fingerprint density at radius 1 is 1.29 bits per heavy atom. The van der Waals surface area contributed by atoms with Crippen molar-refractivity contribution in [3.8, 4) is 0 Å². The van der Waals surface area contributed by atoms with Crippen molar-refractivity contribution >= 4 is 22.4 Å². The van der Waals surface area contributed by atoms with Gasteiger partial charge in [-0.05, 0) is 26.3 Å². The van der Waals surface area contributed by atoms with E-state index in [0.29, 0.717) is 19.1 Å². The second-order valence-electron chi connectivity index (χ2n) is 3.88. The van der Waals surface area contributed by atoms with Gasteiger partial charge in [0.1, 0.15) is 0 Å². The Labute approximate surface area is 91.5 Å². The fourth-order valence-corrected chi connectivity index (χ4v) is 3.67. The summed E-state index contributed by atoms with van der Waals surface area (Å²) in [4.78, 5) is 0. The summed E-state index contributed by atoms with van der Waals surface area (Å²) in [5.41, 5.74) is 0. The van der Waals surface area contributed by atoms with Gasteiger partial charge >= 0.3 is 0 Å². The van der Waals surface area contributed by atoms with Gasteiger partial charge in [-0.3, -0.25) is 0 Å². The standard InChI is InChI=1S/C8H16N2O2S.ClH/c1-9-7-4-5-10(6-7)13(11,12)8-2-3-8;/h7-9H,2-6H2,1H3;1H/t7-;/m0./s1. The zero-order chi connectivity index (χ0) is 9.47. The van der Waals surface area contributed by atoms with Gasteiger partial charge in [-0.25, -0.2) is 12.7 Å². The third-order valence-corrected chi connectivity index (χ3v) is 5.23. The lowest BCUT2D eigenvalue weighted by Crippen LogP contribution is -2.35. The summed E-state index contributed by atoms with van der Waals surface area (Å²) in [6.07, 6.45) is 2.68. The molecule has 0 aromatic heterocycles. The summed E-state index contributed by atoms with van der Waals surface area (Å²) in [7, 11) is -1.03. The van der Waals surface area contributed by atoms with Crippen molar-refractivity contribution in [3.05, 3.63) is 0 Å².